The van der Waals surface area contributed by atoms with Crippen LogP contribution >= 0.6 is 0 Å². The van der Waals surface area contributed by atoms with Crippen molar-refractivity contribution in [1.82, 2.24) is 9.97 Å². The third-order valence-corrected chi connectivity index (χ3v) is 6.04. The molecule has 0 fully saturated rings. The molecule has 1 aromatic heterocycles. The number of hydrogen-bond acceptors (Lipinski definition) is 3. The first-order valence-electron chi connectivity index (χ1n) is 12.5. The van der Waals surface area contributed by atoms with Gasteiger partial charge in [0.1, 0.15) is 0 Å². The van der Waals surface area contributed by atoms with Crippen LogP contribution in [-0.2, 0) is 11.2 Å². The van der Waals surface area contributed by atoms with Crippen molar-refractivity contribution in [3.05, 3.63) is 41.5 Å². The Kier molecular flexibility index (Phi) is 12.3. The van der Waals surface area contributed by atoms with Crippen molar-refractivity contribution in [1.29, 1.82) is 0 Å². The molecule has 1 aliphatic rings. The molecule has 0 radical (unpaired) electrons. The highest BCUT2D eigenvalue weighted by atomic mass is 16.1. The Balaban J connectivity index is 1.74. The minimum Gasteiger partial charge on any atom is -0.294 e. The smallest absolute Gasteiger partial charge is 0.170 e. The molecule has 2 rings (SSSR count). The molecule has 30 heavy (non-hydrogen) atoms. The van der Waals surface area contributed by atoms with E-state index in [2.05, 4.69) is 29.9 Å². The summed E-state index contributed by atoms with van der Waals surface area (Å²) in [6.07, 6.45) is 27.4. The predicted octanol–water partition coefficient (Wildman–Crippen LogP) is 7.80. The lowest BCUT2D eigenvalue weighted by Gasteiger charge is -2.13. The first-order valence-corrected chi connectivity index (χ1v) is 12.5. The molecule has 1 aliphatic carbocycles. The van der Waals surface area contributed by atoms with Crippen molar-refractivity contribution in [3.63, 3.8) is 0 Å². The number of Topliss-reactive ketones (excluding diaryl/α,β-unsaturated/α-hetero) is 1. The molecule has 0 spiro atoms. The van der Waals surface area contributed by atoms with Crippen LogP contribution in [-0.4, -0.2) is 15.8 Å². The number of carbonyl (C=O) groups excluding carboxylic acids is 1. The van der Waals surface area contributed by atoms with E-state index in [0.717, 1.165) is 12.8 Å². The van der Waals surface area contributed by atoms with E-state index in [0.29, 0.717) is 17.8 Å². The van der Waals surface area contributed by atoms with Crippen LogP contribution in [0.15, 0.2) is 30.1 Å². The normalized spacial score (nSPS) is 14.0. The molecule has 0 amide bonds. The fourth-order valence-electron chi connectivity index (χ4n) is 4.07. The van der Waals surface area contributed by atoms with Gasteiger partial charge in [0.2, 0.25) is 0 Å². The van der Waals surface area contributed by atoms with Gasteiger partial charge in [-0.2, -0.15) is 0 Å². The molecule has 166 valence electrons. The number of ketones is 1. The minimum atomic E-state index is 0.166. The highest BCUT2D eigenvalue weighted by Crippen LogP contribution is 2.25. The van der Waals surface area contributed by atoms with Gasteiger partial charge in [-0.05, 0) is 37.3 Å². The van der Waals surface area contributed by atoms with Crippen LogP contribution in [0.3, 0.4) is 0 Å². The molecule has 3 nitrogen and oxygen atoms in total. The second kappa shape index (κ2) is 15.1. The molecule has 0 N–H and O–H groups in total. The molecule has 1 aromatic rings. The zero-order chi connectivity index (χ0) is 21.4. The molecule has 0 atom stereocenters. The Morgan fingerprint density at radius 3 is 1.80 bits per heavy atom. The van der Waals surface area contributed by atoms with E-state index in [4.69, 9.17) is 0 Å². The van der Waals surface area contributed by atoms with Crippen LogP contribution in [0, 0.1) is 0 Å². The molecule has 0 saturated heterocycles. The second-order valence-corrected chi connectivity index (χ2v) is 8.81. The summed E-state index contributed by atoms with van der Waals surface area (Å²) >= 11 is 0. The van der Waals surface area contributed by atoms with Gasteiger partial charge >= 0.3 is 0 Å². The Morgan fingerprint density at radius 1 is 0.700 bits per heavy atom. The number of allylic oxidation sites excluding steroid dienone is 4. The van der Waals surface area contributed by atoms with Gasteiger partial charge in [0.15, 0.2) is 11.6 Å². The highest BCUT2D eigenvalue weighted by molar-refractivity contribution is 6.21. The summed E-state index contributed by atoms with van der Waals surface area (Å²) in [6.45, 7) is 4.50. The van der Waals surface area contributed by atoms with Crippen LogP contribution < -0.4 is 0 Å². The van der Waals surface area contributed by atoms with Gasteiger partial charge in [-0.15, -0.1) is 0 Å². The lowest BCUT2D eigenvalue weighted by molar-refractivity contribution is -0.113. The second-order valence-electron chi connectivity index (χ2n) is 8.81. The maximum Gasteiger partial charge on any atom is 0.170 e. The van der Waals surface area contributed by atoms with Gasteiger partial charge in [-0.25, -0.2) is 9.97 Å². The number of aryl methyl sites for hydroxylation is 1. The van der Waals surface area contributed by atoms with Gasteiger partial charge in [0.05, 0.1) is 5.57 Å². The van der Waals surface area contributed by atoms with E-state index in [9.17, 15) is 4.79 Å². The average molecular weight is 411 g/mol. The van der Waals surface area contributed by atoms with Gasteiger partial charge < -0.3 is 0 Å². The summed E-state index contributed by atoms with van der Waals surface area (Å²) in [5.74, 6) is 0.747. The zero-order valence-corrected chi connectivity index (χ0v) is 19.4. The summed E-state index contributed by atoms with van der Waals surface area (Å²) in [4.78, 5) is 21.6. The monoisotopic (exact) mass is 410 g/mol. The predicted molar refractivity (Wildman–Crippen MR) is 127 cm³/mol. The number of unbranched alkanes of at least 4 members (excludes halogenated alkanes) is 11. The molecule has 0 aliphatic heterocycles. The van der Waals surface area contributed by atoms with Crippen LogP contribution in [0.4, 0.5) is 0 Å². The van der Waals surface area contributed by atoms with Gasteiger partial charge in [0.25, 0.3) is 0 Å². The Hall–Kier alpha value is -1.77. The van der Waals surface area contributed by atoms with Gasteiger partial charge in [-0.3, -0.25) is 4.79 Å². The molecule has 0 saturated carbocycles. The Labute approximate surface area is 184 Å². The lowest BCUT2D eigenvalue weighted by atomic mass is 9.93. The van der Waals surface area contributed by atoms with Crippen LogP contribution in [0.2, 0.25) is 0 Å². The zero-order valence-electron chi connectivity index (χ0n) is 19.4. The standard InChI is InChI=1S/C27H42N2O/c1-3-5-7-9-11-13-14-16-23-18-19-25(26(30)20-23)27-28-21-24(22-29-27)17-15-12-10-8-6-4-2/h18-19,21-22H,3-17,20H2,1-2H3. The van der Waals surface area contributed by atoms with E-state index in [1.54, 1.807) is 0 Å². The first-order chi connectivity index (χ1) is 14.7. The third-order valence-electron chi connectivity index (χ3n) is 6.04. The van der Waals surface area contributed by atoms with E-state index < -0.39 is 0 Å². The number of aromatic nitrogens is 2. The molecule has 0 aromatic carbocycles. The summed E-state index contributed by atoms with van der Waals surface area (Å²) in [5.41, 5.74) is 3.11. The summed E-state index contributed by atoms with van der Waals surface area (Å²) < 4.78 is 0. The maximum absolute atomic E-state index is 12.6. The first kappa shape index (κ1) is 24.5. The molecule has 0 bridgehead atoms. The van der Waals surface area contributed by atoms with Crippen LogP contribution in [0.1, 0.15) is 122 Å². The number of hydrogen-bond donors (Lipinski definition) is 0. The topological polar surface area (TPSA) is 42.9 Å². The Morgan fingerprint density at radius 2 is 1.23 bits per heavy atom. The van der Waals surface area contributed by atoms with E-state index in [-0.39, 0.29) is 5.78 Å². The largest absolute Gasteiger partial charge is 0.294 e. The fourth-order valence-corrected chi connectivity index (χ4v) is 4.07. The number of nitrogens with zero attached hydrogens (tertiary/aromatic N) is 2. The highest BCUT2D eigenvalue weighted by Gasteiger charge is 2.19. The third kappa shape index (κ3) is 9.36. The molecule has 1 heterocycles. The summed E-state index contributed by atoms with van der Waals surface area (Å²) in [6, 6.07) is 0. The molecular formula is C27H42N2O. The van der Waals surface area contributed by atoms with E-state index in [1.807, 2.05) is 18.5 Å². The average Bonchev–Trinajstić information content (AvgIpc) is 2.76. The van der Waals surface area contributed by atoms with Crippen molar-refractivity contribution < 1.29 is 4.79 Å². The number of carbonyl (C=O) groups is 1. The summed E-state index contributed by atoms with van der Waals surface area (Å²) in [5, 5.41) is 0. The lowest BCUT2D eigenvalue weighted by Crippen LogP contribution is -2.10. The van der Waals surface area contributed by atoms with Crippen molar-refractivity contribution in [2.75, 3.05) is 0 Å². The van der Waals surface area contributed by atoms with E-state index >= 15 is 0 Å². The Bertz CT molecular complexity index is 673. The van der Waals surface area contributed by atoms with Gasteiger partial charge in [0, 0.05) is 18.8 Å². The minimum absolute atomic E-state index is 0.166. The molecular weight excluding hydrogens is 368 g/mol. The van der Waals surface area contributed by atoms with Crippen molar-refractivity contribution in [2.45, 2.75) is 117 Å². The van der Waals surface area contributed by atoms with Gasteiger partial charge in [-0.1, -0.05) is 96.1 Å². The summed E-state index contributed by atoms with van der Waals surface area (Å²) in [7, 11) is 0. The molecule has 0 unspecified atom stereocenters. The van der Waals surface area contributed by atoms with Crippen LogP contribution in [0.5, 0.6) is 0 Å². The SMILES string of the molecule is CCCCCCCCCC1=CC=C(c2ncc(CCCCCCCC)cn2)C(=O)C1. The van der Waals surface area contributed by atoms with Crippen LogP contribution in [0.25, 0.3) is 5.57 Å². The van der Waals surface area contributed by atoms with Crippen molar-refractivity contribution >= 4 is 11.4 Å². The maximum atomic E-state index is 12.6. The quantitative estimate of drug-likeness (QED) is 0.261. The van der Waals surface area contributed by atoms with Crippen molar-refractivity contribution in [3.8, 4) is 0 Å². The van der Waals surface area contributed by atoms with E-state index in [1.165, 1.54) is 94.6 Å². The van der Waals surface area contributed by atoms with Crippen molar-refractivity contribution in [2.24, 2.45) is 0 Å². The molecule has 3 heteroatoms. The fraction of sp³-hybridized carbons (Fsp3) is 0.667. The number of rotatable bonds is 16.